The van der Waals surface area contributed by atoms with Crippen molar-refractivity contribution in [3.63, 3.8) is 0 Å². The van der Waals surface area contributed by atoms with Crippen molar-refractivity contribution in [1.29, 1.82) is 0 Å². The fourth-order valence-electron chi connectivity index (χ4n) is 10.7. The molecule has 0 aromatic heterocycles. The highest BCUT2D eigenvalue weighted by Gasteiger charge is 2.71. The van der Waals surface area contributed by atoms with Crippen LogP contribution >= 0.6 is 0 Å². The van der Waals surface area contributed by atoms with E-state index in [9.17, 15) is 35.4 Å². The third-order valence-corrected chi connectivity index (χ3v) is 13.5. The van der Waals surface area contributed by atoms with Crippen LogP contribution in [0.2, 0.25) is 0 Å². The van der Waals surface area contributed by atoms with E-state index in [0.29, 0.717) is 31.1 Å². The maximum absolute atomic E-state index is 13.7. The molecule has 1 aliphatic heterocycles. The molecule has 0 aromatic carbocycles. The molecule has 45 heavy (non-hydrogen) atoms. The van der Waals surface area contributed by atoms with Crippen molar-refractivity contribution in [1.82, 2.24) is 0 Å². The SMILES string of the molecule is C[C@H](C/C=C\C(C)(C)O)[C@H]1CC[C@@]2(C)[C@@H]3[C@@H](O[C@@H]4O[C@H](CO)[C@@H](O)[C@H](O)[C@H]4O)C=C4[C@@H](CC[C@H](O)C4(C)C)[C@]3(C=O)CC[C@]12C. The van der Waals surface area contributed by atoms with Crippen LogP contribution < -0.4 is 0 Å². The van der Waals surface area contributed by atoms with Crippen LogP contribution in [0.3, 0.4) is 0 Å². The lowest BCUT2D eigenvalue weighted by Gasteiger charge is -2.66. The summed E-state index contributed by atoms with van der Waals surface area (Å²) in [6, 6.07) is 0. The molecule has 14 atom stereocenters. The molecule has 4 fully saturated rings. The van der Waals surface area contributed by atoms with Crippen LogP contribution in [0.4, 0.5) is 0 Å². The van der Waals surface area contributed by atoms with Gasteiger partial charge in [0, 0.05) is 16.7 Å². The van der Waals surface area contributed by atoms with E-state index in [2.05, 4.69) is 32.9 Å². The average molecular weight is 635 g/mol. The first-order chi connectivity index (χ1) is 20.9. The molecule has 0 radical (unpaired) electrons. The molecule has 0 bridgehead atoms. The molecule has 9 heteroatoms. The van der Waals surface area contributed by atoms with E-state index in [4.69, 9.17) is 9.47 Å². The molecule has 0 amide bonds. The van der Waals surface area contributed by atoms with Crippen molar-refractivity contribution in [3.8, 4) is 0 Å². The summed E-state index contributed by atoms with van der Waals surface area (Å²) in [5.74, 6) is 0.405. The number of aliphatic hydroxyl groups is 6. The van der Waals surface area contributed by atoms with Crippen molar-refractivity contribution in [2.75, 3.05) is 6.61 Å². The normalized spacial score (nSPS) is 48.7. The molecule has 0 unspecified atom stereocenters. The van der Waals surface area contributed by atoms with E-state index in [1.54, 1.807) is 13.8 Å². The highest BCUT2D eigenvalue weighted by atomic mass is 16.7. The fraction of sp³-hybridized carbons (Fsp3) is 0.861. The summed E-state index contributed by atoms with van der Waals surface area (Å²) in [5, 5.41) is 63.2. The number of allylic oxidation sites excluding steroid dienone is 1. The Morgan fingerprint density at radius 2 is 1.69 bits per heavy atom. The number of hydrogen-bond acceptors (Lipinski definition) is 9. The predicted octanol–water partition coefficient (Wildman–Crippen LogP) is 3.28. The van der Waals surface area contributed by atoms with Crippen LogP contribution in [-0.2, 0) is 14.3 Å². The van der Waals surface area contributed by atoms with E-state index < -0.39 is 66.0 Å². The van der Waals surface area contributed by atoms with Gasteiger partial charge in [0.25, 0.3) is 0 Å². The van der Waals surface area contributed by atoms with Gasteiger partial charge in [-0.1, -0.05) is 58.4 Å². The first kappa shape index (κ1) is 35.1. The molecular formula is C36H58O9. The van der Waals surface area contributed by atoms with E-state index >= 15 is 0 Å². The second-order valence-electron chi connectivity index (χ2n) is 16.7. The molecular weight excluding hydrogens is 576 g/mol. The predicted molar refractivity (Wildman–Crippen MR) is 169 cm³/mol. The molecule has 9 nitrogen and oxygen atoms in total. The summed E-state index contributed by atoms with van der Waals surface area (Å²) in [5.41, 5.74) is -1.68. The van der Waals surface area contributed by atoms with Crippen LogP contribution in [0.5, 0.6) is 0 Å². The quantitative estimate of drug-likeness (QED) is 0.174. The summed E-state index contributed by atoms with van der Waals surface area (Å²) in [7, 11) is 0. The van der Waals surface area contributed by atoms with Crippen molar-refractivity contribution < 1.29 is 44.9 Å². The minimum atomic E-state index is -1.57. The highest BCUT2D eigenvalue weighted by Crippen LogP contribution is 2.75. The number of rotatable bonds is 8. The molecule has 1 saturated heterocycles. The van der Waals surface area contributed by atoms with Crippen molar-refractivity contribution in [3.05, 3.63) is 23.8 Å². The van der Waals surface area contributed by atoms with Crippen LogP contribution in [0.15, 0.2) is 23.8 Å². The van der Waals surface area contributed by atoms with Crippen molar-refractivity contribution in [2.24, 2.45) is 45.3 Å². The molecule has 3 saturated carbocycles. The second kappa shape index (κ2) is 12.1. The Hall–Kier alpha value is -1.17. The van der Waals surface area contributed by atoms with Gasteiger partial charge in [-0.2, -0.15) is 0 Å². The number of ether oxygens (including phenoxy) is 2. The molecule has 0 aromatic rings. The number of aldehydes is 1. The maximum atomic E-state index is 13.7. The second-order valence-corrected chi connectivity index (χ2v) is 16.7. The molecule has 5 rings (SSSR count). The van der Waals surface area contributed by atoms with Crippen molar-refractivity contribution in [2.45, 2.75) is 142 Å². The zero-order chi connectivity index (χ0) is 33.3. The lowest BCUT2D eigenvalue weighted by Crippen LogP contribution is -2.66. The average Bonchev–Trinajstić information content (AvgIpc) is 3.25. The molecule has 6 N–H and O–H groups in total. The van der Waals surface area contributed by atoms with Gasteiger partial charge < -0.3 is 44.9 Å². The van der Waals surface area contributed by atoms with Gasteiger partial charge in [0.2, 0.25) is 0 Å². The van der Waals surface area contributed by atoms with Gasteiger partial charge in [-0.15, -0.1) is 0 Å². The van der Waals surface area contributed by atoms with Gasteiger partial charge in [-0.05, 0) is 87.4 Å². The number of carbonyl (C=O) groups is 1. The third kappa shape index (κ3) is 5.51. The minimum absolute atomic E-state index is 0.0550. The molecule has 4 aliphatic carbocycles. The van der Waals surface area contributed by atoms with Gasteiger partial charge in [-0.3, -0.25) is 0 Å². The molecule has 0 spiro atoms. The fourth-order valence-corrected chi connectivity index (χ4v) is 10.7. The summed E-state index contributed by atoms with van der Waals surface area (Å²) in [4.78, 5) is 13.7. The Morgan fingerprint density at radius 1 is 1.00 bits per heavy atom. The Morgan fingerprint density at radius 3 is 2.31 bits per heavy atom. The topological polar surface area (TPSA) is 157 Å². The standard InChI is InChI=1S/C36H58O9/c1-20(9-8-13-32(2,3)43)21-12-14-35(7)30-24(44-31-29(42)28(41)27(40)25(18-37)45-31)17-23-22(10-11-26(39)33(23,4)5)36(30,19-38)16-15-34(21,35)6/h8,13,17,19-22,24-31,37,39-43H,9-12,14-16,18H2,1-7H3/b13-8-/t20-,21-,22-,24+,25-,26+,27-,28+,29-,30+,31-,34-,35+,36-/m1/s1. The summed E-state index contributed by atoms with van der Waals surface area (Å²) < 4.78 is 12.5. The highest BCUT2D eigenvalue weighted by molar-refractivity contribution is 5.65. The number of carbonyl (C=O) groups excluding carboxylic acids is 1. The monoisotopic (exact) mass is 634 g/mol. The Balaban J connectivity index is 1.58. The van der Waals surface area contributed by atoms with E-state index in [1.165, 1.54) is 6.29 Å². The molecule has 5 aliphatic rings. The van der Waals surface area contributed by atoms with Gasteiger partial charge in [0.05, 0.1) is 24.4 Å². The third-order valence-electron chi connectivity index (χ3n) is 13.5. The minimum Gasteiger partial charge on any atom is -0.394 e. The van der Waals surface area contributed by atoms with Gasteiger partial charge in [0.15, 0.2) is 6.29 Å². The van der Waals surface area contributed by atoms with Gasteiger partial charge in [0.1, 0.15) is 30.7 Å². The van der Waals surface area contributed by atoms with Crippen LogP contribution in [-0.4, -0.2) is 92.0 Å². The Labute approximate surface area is 268 Å². The largest absolute Gasteiger partial charge is 0.394 e. The zero-order valence-corrected chi connectivity index (χ0v) is 28.2. The number of aliphatic hydroxyl groups excluding tert-OH is 5. The van der Waals surface area contributed by atoms with E-state index in [-0.39, 0.29) is 22.7 Å². The first-order valence-electron chi connectivity index (χ1n) is 17.1. The smallest absolute Gasteiger partial charge is 0.187 e. The lowest BCUT2D eigenvalue weighted by atomic mass is 9.38. The van der Waals surface area contributed by atoms with Crippen molar-refractivity contribution >= 4 is 6.29 Å². The van der Waals surface area contributed by atoms with Gasteiger partial charge >= 0.3 is 0 Å². The van der Waals surface area contributed by atoms with Crippen LogP contribution in [0, 0.1) is 45.3 Å². The molecule has 1 heterocycles. The van der Waals surface area contributed by atoms with E-state index in [0.717, 1.165) is 31.3 Å². The summed E-state index contributed by atoms with van der Waals surface area (Å²) in [6.45, 7) is 14.0. The van der Waals surface area contributed by atoms with Crippen LogP contribution in [0.25, 0.3) is 0 Å². The Bertz CT molecular complexity index is 1160. The summed E-state index contributed by atoms with van der Waals surface area (Å²) in [6.07, 6.45) is 4.43. The number of fused-ring (bicyclic) bond motifs is 5. The molecule has 256 valence electrons. The zero-order valence-electron chi connectivity index (χ0n) is 28.2. The lowest BCUT2D eigenvalue weighted by molar-refractivity contribution is -0.321. The number of hydrogen-bond donors (Lipinski definition) is 6. The first-order valence-corrected chi connectivity index (χ1v) is 17.1. The summed E-state index contributed by atoms with van der Waals surface area (Å²) >= 11 is 0. The Kier molecular flexibility index (Phi) is 9.42. The van der Waals surface area contributed by atoms with E-state index in [1.807, 2.05) is 19.9 Å². The maximum Gasteiger partial charge on any atom is 0.187 e. The van der Waals surface area contributed by atoms with Gasteiger partial charge in [-0.25, -0.2) is 0 Å². The van der Waals surface area contributed by atoms with Crippen LogP contribution in [0.1, 0.15) is 93.4 Å².